The Bertz CT molecular complexity index is 146. The van der Waals surface area contributed by atoms with Gasteiger partial charge >= 0.3 is 0 Å². The summed E-state index contributed by atoms with van der Waals surface area (Å²) >= 11 is 0. The van der Waals surface area contributed by atoms with Crippen LogP contribution >= 0.6 is 0 Å². The van der Waals surface area contributed by atoms with E-state index in [1.54, 1.807) is 0 Å². The Hall–Kier alpha value is -0.0800. The lowest BCUT2D eigenvalue weighted by atomic mass is 9.76. The molecule has 0 aromatic heterocycles. The van der Waals surface area contributed by atoms with Gasteiger partial charge in [0.25, 0.3) is 0 Å². The van der Waals surface area contributed by atoms with E-state index >= 15 is 0 Å². The Kier molecular flexibility index (Phi) is 3.74. The molecule has 2 heteroatoms. The molecule has 1 fully saturated rings. The van der Waals surface area contributed by atoms with E-state index in [1.807, 2.05) is 0 Å². The Labute approximate surface area is 81.8 Å². The van der Waals surface area contributed by atoms with Gasteiger partial charge in [-0.1, -0.05) is 13.8 Å². The lowest BCUT2D eigenvalue weighted by Crippen LogP contribution is -2.31. The van der Waals surface area contributed by atoms with E-state index in [-0.39, 0.29) is 6.10 Å². The molecule has 0 bridgehead atoms. The van der Waals surface area contributed by atoms with Crippen molar-refractivity contribution in [1.29, 1.82) is 0 Å². The Morgan fingerprint density at radius 3 is 2.38 bits per heavy atom. The zero-order valence-corrected chi connectivity index (χ0v) is 9.18. The van der Waals surface area contributed by atoms with E-state index in [1.165, 1.54) is 25.7 Å². The van der Waals surface area contributed by atoms with Crippen LogP contribution < -0.4 is 5.73 Å². The van der Waals surface area contributed by atoms with Gasteiger partial charge in [0.05, 0.1) is 12.2 Å². The zero-order chi connectivity index (χ0) is 9.90. The van der Waals surface area contributed by atoms with Crippen molar-refractivity contribution in [1.82, 2.24) is 0 Å². The Balaban J connectivity index is 2.25. The summed E-state index contributed by atoms with van der Waals surface area (Å²) in [6.45, 7) is 7.38. The maximum atomic E-state index is 5.81. The molecule has 1 aliphatic rings. The van der Waals surface area contributed by atoms with E-state index in [4.69, 9.17) is 10.5 Å². The van der Waals surface area contributed by atoms with Crippen molar-refractivity contribution in [2.45, 2.75) is 58.7 Å². The first-order chi connectivity index (χ1) is 6.03. The number of ether oxygens (including phenoxy) is 1. The molecule has 1 atom stereocenters. The van der Waals surface area contributed by atoms with Crippen molar-refractivity contribution in [3.05, 3.63) is 0 Å². The molecule has 13 heavy (non-hydrogen) atoms. The first kappa shape index (κ1) is 11.0. The molecule has 1 aliphatic carbocycles. The van der Waals surface area contributed by atoms with Crippen molar-refractivity contribution in [3.8, 4) is 0 Å². The molecule has 0 radical (unpaired) electrons. The second-order valence-corrected chi connectivity index (χ2v) is 5.05. The summed E-state index contributed by atoms with van der Waals surface area (Å²) in [5.41, 5.74) is 6.05. The van der Waals surface area contributed by atoms with Crippen LogP contribution in [0.15, 0.2) is 0 Å². The minimum Gasteiger partial charge on any atom is -0.374 e. The van der Waals surface area contributed by atoms with Crippen LogP contribution in [0.4, 0.5) is 0 Å². The highest BCUT2D eigenvalue weighted by atomic mass is 16.5. The summed E-state index contributed by atoms with van der Waals surface area (Å²) < 4.78 is 5.81. The predicted octanol–water partition coefficient (Wildman–Crippen LogP) is 2.32. The van der Waals surface area contributed by atoms with Gasteiger partial charge in [-0.05, 0) is 38.0 Å². The van der Waals surface area contributed by atoms with Crippen molar-refractivity contribution >= 4 is 0 Å². The van der Waals surface area contributed by atoms with Crippen LogP contribution in [-0.4, -0.2) is 18.8 Å². The van der Waals surface area contributed by atoms with Gasteiger partial charge in [-0.25, -0.2) is 0 Å². The molecule has 0 aliphatic heterocycles. The summed E-state index contributed by atoms with van der Waals surface area (Å²) in [6.07, 6.45) is 5.68. The average molecular weight is 185 g/mol. The molecule has 78 valence electrons. The first-order valence-electron chi connectivity index (χ1n) is 5.39. The monoisotopic (exact) mass is 185 g/mol. The summed E-state index contributed by atoms with van der Waals surface area (Å²) in [5.74, 6) is 0. The summed E-state index contributed by atoms with van der Waals surface area (Å²) in [6, 6.07) is 0. The Morgan fingerprint density at radius 2 is 1.92 bits per heavy atom. The maximum absolute atomic E-state index is 5.81. The van der Waals surface area contributed by atoms with E-state index in [0.717, 1.165) is 0 Å². The molecule has 0 aromatic carbocycles. The van der Waals surface area contributed by atoms with Crippen LogP contribution in [0, 0.1) is 5.41 Å². The molecule has 2 nitrogen and oxygen atoms in total. The number of nitrogens with two attached hydrogens (primary N) is 1. The molecule has 1 unspecified atom stereocenters. The highest BCUT2D eigenvalue weighted by Gasteiger charge is 2.27. The van der Waals surface area contributed by atoms with Gasteiger partial charge < -0.3 is 10.5 Å². The molecule has 0 saturated heterocycles. The van der Waals surface area contributed by atoms with Crippen molar-refractivity contribution in [2.75, 3.05) is 6.54 Å². The standard InChI is InChI=1S/C11H23NO/c1-9(8-12)13-10-4-6-11(2,3)7-5-10/h9-10H,4-8,12H2,1-3H3. The van der Waals surface area contributed by atoms with Crippen LogP contribution in [-0.2, 0) is 4.74 Å². The topological polar surface area (TPSA) is 35.2 Å². The lowest BCUT2D eigenvalue weighted by Gasteiger charge is -2.35. The fourth-order valence-corrected chi connectivity index (χ4v) is 1.89. The largest absolute Gasteiger partial charge is 0.374 e. The highest BCUT2D eigenvalue weighted by molar-refractivity contribution is 4.79. The van der Waals surface area contributed by atoms with Gasteiger partial charge in [0.15, 0.2) is 0 Å². The SMILES string of the molecule is CC(CN)OC1CCC(C)(C)CC1. The zero-order valence-electron chi connectivity index (χ0n) is 9.18. The minimum absolute atomic E-state index is 0.228. The second-order valence-electron chi connectivity index (χ2n) is 5.05. The molecular formula is C11H23NO. The lowest BCUT2D eigenvalue weighted by molar-refractivity contribution is -0.0334. The van der Waals surface area contributed by atoms with E-state index in [9.17, 15) is 0 Å². The highest BCUT2D eigenvalue weighted by Crippen LogP contribution is 2.36. The van der Waals surface area contributed by atoms with E-state index in [0.29, 0.717) is 18.1 Å². The van der Waals surface area contributed by atoms with Crippen molar-refractivity contribution in [3.63, 3.8) is 0 Å². The van der Waals surface area contributed by atoms with Gasteiger partial charge in [-0.15, -0.1) is 0 Å². The predicted molar refractivity (Wildman–Crippen MR) is 55.6 cm³/mol. The van der Waals surface area contributed by atoms with Gasteiger partial charge in [0.1, 0.15) is 0 Å². The second kappa shape index (κ2) is 4.43. The molecule has 0 spiro atoms. The fourth-order valence-electron chi connectivity index (χ4n) is 1.89. The van der Waals surface area contributed by atoms with E-state index < -0.39 is 0 Å². The third-order valence-electron chi connectivity index (χ3n) is 3.04. The number of hydrogen-bond donors (Lipinski definition) is 1. The average Bonchev–Trinajstić information content (AvgIpc) is 2.08. The summed E-state index contributed by atoms with van der Waals surface area (Å²) in [5, 5.41) is 0. The molecule has 0 aromatic rings. The van der Waals surface area contributed by atoms with Gasteiger partial charge in [-0.3, -0.25) is 0 Å². The smallest absolute Gasteiger partial charge is 0.0672 e. The molecular weight excluding hydrogens is 162 g/mol. The molecule has 2 N–H and O–H groups in total. The first-order valence-corrected chi connectivity index (χ1v) is 5.39. The molecule has 1 saturated carbocycles. The van der Waals surface area contributed by atoms with Crippen molar-refractivity contribution < 1.29 is 4.74 Å². The normalized spacial score (nSPS) is 25.8. The molecule has 1 rings (SSSR count). The molecule has 0 heterocycles. The third-order valence-corrected chi connectivity index (χ3v) is 3.04. The van der Waals surface area contributed by atoms with Crippen LogP contribution in [0.1, 0.15) is 46.5 Å². The Morgan fingerprint density at radius 1 is 1.38 bits per heavy atom. The van der Waals surface area contributed by atoms with Crippen LogP contribution in [0.3, 0.4) is 0 Å². The molecule has 0 amide bonds. The minimum atomic E-state index is 0.228. The maximum Gasteiger partial charge on any atom is 0.0672 e. The third kappa shape index (κ3) is 3.65. The summed E-state index contributed by atoms with van der Waals surface area (Å²) in [7, 11) is 0. The summed E-state index contributed by atoms with van der Waals surface area (Å²) in [4.78, 5) is 0. The van der Waals surface area contributed by atoms with Gasteiger partial charge in [0, 0.05) is 6.54 Å². The fraction of sp³-hybridized carbons (Fsp3) is 1.00. The number of rotatable bonds is 3. The quantitative estimate of drug-likeness (QED) is 0.732. The van der Waals surface area contributed by atoms with Crippen LogP contribution in [0.5, 0.6) is 0 Å². The van der Waals surface area contributed by atoms with Crippen molar-refractivity contribution in [2.24, 2.45) is 11.1 Å². The van der Waals surface area contributed by atoms with Crippen LogP contribution in [0.25, 0.3) is 0 Å². The van der Waals surface area contributed by atoms with Gasteiger partial charge in [0.2, 0.25) is 0 Å². The van der Waals surface area contributed by atoms with Crippen LogP contribution in [0.2, 0.25) is 0 Å². The van der Waals surface area contributed by atoms with Gasteiger partial charge in [-0.2, -0.15) is 0 Å². The number of hydrogen-bond acceptors (Lipinski definition) is 2. The van der Waals surface area contributed by atoms with E-state index in [2.05, 4.69) is 20.8 Å².